The number of nitrogens with two attached hydrogens (primary N) is 1. The van der Waals surface area contributed by atoms with Crippen LogP contribution in [0.5, 0.6) is 0 Å². The molecule has 0 aliphatic heterocycles. The number of nitrogen functional groups attached to an aromatic ring is 1. The summed E-state index contributed by atoms with van der Waals surface area (Å²) in [6.07, 6.45) is 0.516. The Bertz CT molecular complexity index is 405. The van der Waals surface area contributed by atoms with E-state index in [0.717, 1.165) is 28.0 Å². The van der Waals surface area contributed by atoms with Gasteiger partial charge in [0.15, 0.2) is 0 Å². The molecule has 0 aromatic heterocycles. The van der Waals surface area contributed by atoms with E-state index >= 15 is 0 Å². The smallest absolute Gasteiger partial charge is 0.224 e. The lowest BCUT2D eigenvalue weighted by Gasteiger charge is -2.18. The average molecular weight is 361 g/mol. The van der Waals surface area contributed by atoms with Crippen molar-refractivity contribution in [1.82, 2.24) is 4.90 Å². The Balaban J connectivity index is 2.44. The maximum atomic E-state index is 11.8. The van der Waals surface area contributed by atoms with Gasteiger partial charge in [0.2, 0.25) is 5.91 Å². The fraction of sp³-hybridized carbons (Fsp3) is 0.462. The number of amides is 1. The summed E-state index contributed by atoms with van der Waals surface area (Å²) >= 11 is 2.23. The highest BCUT2D eigenvalue weighted by Gasteiger charge is 2.08. The van der Waals surface area contributed by atoms with E-state index in [2.05, 4.69) is 27.9 Å². The maximum absolute atomic E-state index is 11.8. The number of hydrogen-bond donors (Lipinski definition) is 2. The zero-order valence-corrected chi connectivity index (χ0v) is 13.0. The number of rotatable bonds is 6. The van der Waals surface area contributed by atoms with Crippen LogP contribution >= 0.6 is 22.6 Å². The molecule has 0 bridgehead atoms. The lowest BCUT2D eigenvalue weighted by Crippen LogP contribution is -2.31. The first-order chi connectivity index (χ1) is 8.58. The molecule has 0 unspecified atom stereocenters. The Morgan fingerprint density at radius 1 is 1.39 bits per heavy atom. The molecule has 4 nitrogen and oxygen atoms in total. The Kier molecular flexibility index (Phi) is 6.24. The minimum Gasteiger partial charge on any atom is -0.399 e. The number of anilines is 2. The van der Waals surface area contributed by atoms with E-state index in [9.17, 15) is 4.79 Å². The van der Waals surface area contributed by atoms with Crippen molar-refractivity contribution in [1.29, 1.82) is 0 Å². The largest absolute Gasteiger partial charge is 0.399 e. The molecule has 1 amide bonds. The molecule has 0 aliphatic carbocycles. The first kappa shape index (κ1) is 15.1. The molecule has 0 aliphatic rings. The summed E-state index contributed by atoms with van der Waals surface area (Å²) in [7, 11) is 0. The highest BCUT2D eigenvalue weighted by molar-refractivity contribution is 14.1. The highest BCUT2D eigenvalue weighted by atomic mass is 127. The number of hydrogen-bond acceptors (Lipinski definition) is 3. The monoisotopic (exact) mass is 361 g/mol. The third kappa shape index (κ3) is 4.36. The van der Waals surface area contributed by atoms with Crippen molar-refractivity contribution in [2.24, 2.45) is 0 Å². The molecule has 1 aromatic carbocycles. The predicted molar refractivity (Wildman–Crippen MR) is 84.6 cm³/mol. The van der Waals surface area contributed by atoms with Gasteiger partial charge in [0.1, 0.15) is 0 Å². The second-order valence-electron chi connectivity index (χ2n) is 3.98. The van der Waals surface area contributed by atoms with Crippen LogP contribution in [0.2, 0.25) is 0 Å². The predicted octanol–water partition coefficient (Wildman–Crippen LogP) is 2.54. The minimum absolute atomic E-state index is 0.193. The van der Waals surface area contributed by atoms with Gasteiger partial charge in [0.05, 0.1) is 0 Å². The number of benzene rings is 1. The summed E-state index contributed by atoms with van der Waals surface area (Å²) in [5, 5.41) is 3.26. The van der Waals surface area contributed by atoms with Gasteiger partial charge in [-0.3, -0.25) is 4.79 Å². The average Bonchev–Trinajstić information content (AvgIpc) is 2.33. The summed E-state index contributed by atoms with van der Waals surface area (Å²) in [6, 6.07) is 5.71. The first-order valence-corrected chi connectivity index (χ1v) is 7.23. The molecule has 0 saturated heterocycles. The Morgan fingerprint density at radius 3 is 2.61 bits per heavy atom. The van der Waals surface area contributed by atoms with Crippen molar-refractivity contribution in [3.8, 4) is 0 Å². The Labute approximate surface area is 122 Å². The van der Waals surface area contributed by atoms with Crippen LogP contribution < -0.4 is 11.1 Å². The number of halogens is 1. The molecule has 1 aromatic rings. The molecule has 100 valence electrons. The van der Waals surface area contributed by atoms with E-state index in [-0.39, 0.29) is 5.91 Å². The van der Waals surface area contributed by atoms with Gasteiger partial charge in [0.25, 0.3) is 0 Å². The van der Waals surface area contributed by atoms with Crippen molar-refractivity contribution in [2.45, 2.75) is 20.3 Å². The molecule has 3 N–H and O–H groups in total. The van der Waals surface area contributed by atoms with Crippen LogP contribution in [0.3, 0.4) is 0 Å². The van der Waals surface area contributed by atoms with Crippen molar-refractivity contribution < 1.29 is 4.79 Å². The van der Waals surface area contributed by atoms with Gasteiger partial charge in [-0.25, -0.2) is 0 Å². The molecule has 0 radical (unpaired) electrons. The molecule has 0 atom stereocenters. The Hall–Kier alpha value is -0.980. The van der Waals surface area contributed by atoms with Crippen LogP contribution in [0.4, 0.5) is 11.4 Å². The highest BCUT2D eigenvalue weighted by Crippen LogP contribution is 2.20. The van der Waals surface area contributed by atoms with E-state index in [4.69, 9.17) is 5.73 Å². The standard InChI is InChI=1S/C13H20IN3O/c1-3-17(4-2)13(18)7-8-16-12-6-5-10(15)9-11(12)14/h5-6,9,16H,3-4,7-8,15H2,1-2H3. The summed E-state index contributed by atoms with van der Waals surface area (Å²) in [4.78, 5) is 13.6. The molecule has 18 heavy (non-hydrogen) atoms. The van der Waals surface area contributed by atoms with Crippen molar-refractivity contribution in [3.05, 3.63) is 21.8 Å². The van der Waals surface area contributed by atoms with Crippen LogP contribution in [0.15, 0.2) is 18.2 Å². The molecule has 0 saturated carbocycles. The molecule has 5 heteroatoms. The van der Waals surface area contributed by atoms with E-state index < -0.39 is 0 Å². The fourth-order valence-electron chi connectivity index (χ4n) is 1.71. The molecule has 0 fully saturated rings. The number of nitrogens with one attached hydrogen (secondary N) is 1. The van der Waals surface area contributed by atoms with Crippen molar-refractivity contribution in [2.75, 3.05) is 30.7 Å². The zero-order chi connectivity index (χ0) is 13.5. The summed E-state index contributed by atoms with van der Waals surface area (Å²) in [5.74, 6) is 0.193. The third-order valence-corrected chi connectivity index (χ3v) is 3.66. The van der Waals surface area contributed by atoms with Gasteiger partial charge in [-0.1, -0.05) is 0 Å². The summed E-state index contributed by atoms with van der Waals surface area (Å²) in [6.45, 7) is 6.19. The van der Waals surface area contributed by atoms with Crippen LogP contribution in [0.25, 0.3) is 0 Å². The fourth-order valence-corrected chi connectivity index (χ4v) is 2.44. The van der Waals surface area contributed by atoms with E-state index in [0.29, 0.717) is 13.0 Å². The van der Waals surface area contributed by atoms with Gasteiger partial charge in [-0.2, -0.15) is 0 Å². The quantitative estimate of drug-likeness (QED) is 0.605. The summed E-state index contributed by atoms with van der Waals surface area (Å²) in [5.41, 5.74) is 7.47. The molecule has 1 rings (SSSR count). The van der Waals surface area contributed by atoms with E-state index in [1.54, 1.807) is 0 Å². The molecular formula is C13H20IN3O. The normalized spacial score (nSPS) is 10.2. The van der Waals surface area contributed by atoms with Crippen LogP contribution in [-0.4, -0.2) is 30.4 Å². The maximum Gasteiger partial charge on any atom is 0.224 e. The SMILES string of the molecule is CCN(CC)C(=O)CCNc1ccc(N)cc1I. The molecule has 0 spiro atoms. The van der Waals surface area contributed by atoms with Gasteiger partial charge < -0.3 is 16.0 Å². The molecular weight excluding hydrogens is 341 g/mol. The van der Waals surface area contributed by atoms with Gasteiger partial charge >= 0.3 is 0 Å². The number of nitrogens with zero attached hydrogens (tertiary/aromatic N) is 1. The van der Waals surface area contributed by atoms with E-state index in [1.807, 2.05) is 36.9 Å². The second-order valence-corrected chi connectivity index (χ2v) is 5.14. The van der Waals surface area contributed by atoms with Crippen LogP contribution in [0.1, 0.15) is 20.3 Å². The van der Waals surface area contributed by atoms with Crippen molar-refractivity contribution in [3.63, 3.8) is 0 Å². The third-order valence-electron chi connectivity index (χ3n) is 2.76. The minimum atomic E-state index is 0.193. The zero-order valence-electron chi connectivity index (χ0n) is 10.9. The van der Waals surface area contributed by atoms with Crippen LogP contribution in [0, 0.1) is 3.57 Å². The first-order valence-electron chi connectivity index (χ1n) is 6.15. The number of carbonyl (C=O) groups excluding carboxylic acids is 1. The van der Waals surface area contributed by atoms with Gasteiger partial charge in [0, 0.05) is 41.0 Å². The second kappa shape index (κ2) is 7.45. The summed E-state index contributed by atoms with van der Waals surface area (Å²) < 4.78 is 1.07. The topological polar surface area (TPSA) is 58.4 Å². The van der Waals surface area contributed by atoms with Crippen molar-refractivity contribution >= 4 is 39.9 Å². The number of carbonyl (C=O) groups is 1. The lowest BCUT2D eigenvalue weighted by molar-refractivity contribution is -0.130. The Morgan fingerprint density at radius 2 is 2.06 bits per heavy atom. The molecule has 0 heterocycles. The van der Waals surface area contributed by atoms with E-state index in [1.165, 1.54) is 0 Å². The lowest BCUT2D eigenvalue weighted by atomic mass is 10.2. The van der Waals surface area contributed by atoms with Gasteiger partial charge in [-0.05, 0) is 54.6 Å². The van der Waals surface area contributed by atoms with Gasteiger partial charge in [-0.15, -0.1) is 0 Å². The van der Waals surface area contributed by atoms with Crippen LogP contribution in [-0.2, 0) is 4.79 Å².